The standard InChI is InChI=1S/C18H22N2O3S2/c1-3-23-17(21)14-12-15(13-8-5-4-6-9-13)25-16(14)20-18(24)19-10-7-11-22-2/h4-6,8-9,12H,3,7,10-11H2,1-2H3,(H2,19,20,24). The van der Waals surface area contributed by atoms with E-state index in [1.807, 2.05) is 36.4 Å². The maximum atomic E-state index is 12.3. The largest absolute Gasteiger partial charge is 0.462 e. The lowest BCUT2D eigenvalue weighted by molar-refractivity contribution is 0.0528. The molecule has 0 spiro atoms. The van der Waals surface area contributed by atoms with Crippen molar-refractivity contribution in [1.29, 1.82) is 0 Å². The van der Waals surface area contributed by atoms with Crippen LogP contribution in [0, 0.1) is 0 Å². The number of benzene rings is 1. The van der Waals surface area contributed by atoms with Gasteiger partial charge in [0.05, 0.1) is 12.2 Å². The maximum absolute atomic E-state index is 12.3. The zero-order valence-corrected chi connectivity index (χ0v) is 16.0. The Kier molecular flexibility index (Phi) is 7.84. The molecule has 0 saturated carbocycles. The van der Waals surface area contributed by atoms with E-state index in [1.165, 1.54) is 11.3 Å². The zero-order valence-electron chi connectivity index (χ0n) is 14.3. The molecule has 134 valence electrons. The molecular formula is C18H22N2O3S2. The molecule has 5 nitrogen and oxygen atoms in total. The minimum atomic E-state index is -0.356. The summed E-state index contributed by atoms with van der Waals surface area (Å²) >= 11 is 6.79. The fourth-order valence-electron chi connectivity index (χ4n) is 2.15. The molecule has 0 aliphatic rings. The van der Waals surface area contributed by atoms with Crippen LogP contribution in [0.15, 0.2) is 36.4 Å². The van der Waals surface area contributed by atoms with E-state index in [0.29, 0.717) is 35.4 Å². The minimum Gasteiger partial charge on any atom is -0.462 e. The third kappa shape index (κ3) is 5.81. The molecule has 0 aliphatic carbocycles. The van der Waals surface area contributed by atoms with E-state index in [1.54, 1.807) is 14.0 Å². The Balaban J connectivity index is 2.15. The van der Waals surface area contributed by atoms with Gasteiger partial charge in [0.2, 0.25) is 0 Å². The number of methoxy groups -OCH3 is 1. The molecule has 1 aromatic carbocycles. The number of rotatable bonds is 8. The quantitative estimate of drug-likeness (QED) is 0.413. The van der Waals surface area contributed by atoms with E-state index in [9.17, 15) is 4.79 Å². The van der Waals surface area contributed by atoms with E-state index >= 15 is 0 Å². The van der Waals surface area contributed by atoms with E-state index in [-0.39, 0.29) is 5.97 Å². The SMILES string of the molecule is CCOC(=O)c1cc(-c2ccccc2)sc1NC(=S)NCCCOC. The number of hydrogen-bond acceptors (Lipinski definition) is 5. The summed E-state index contributed by atoms with van der Waals surface area (Å²) in [6.45, 7) is 3.48. The van der Waals surface area contributed by atoms with Crippen LogP contribution in [0.2, 0.25) is 0 Å². The Morgan fingerprint density at radius 2 is 2.04 bits per heavy atom. The van der Waals surface area contributed by atoms with E-state index in [4.69, 9.17) is 21.7 Å². The maximum Gasteiger partial charge on any atom is 0.341 e. The molecule has 2 rings (SSSR count). The normalized spacial score (nSPS) is 10.3. The molecule has 0 amide bonds. The second-order valence-corrected chi connectivity index (χ2v) is 6.63. The van der Waals surface area contributed by atoms with Gasteiger partial charge in [-0.3, -0.25) is 0 Å². The number of carbonyl (C=O) groups is 1. The highest BCUT2D eigenvalue weighted by Crippen LogP contribution is 2.35. The van der Waals surface area contributed by atoms with Crippen LogP contribution in [0.1, 0.15) is 23.7 Å². The second-order valence-electron chi connectivity index (χ2n) is 5.17. The average Bonchev–Trinajstić information content (AvgIpc) is 3.03. The number of esters is 1. The molecule has 0 radical (unpaired) electrons. The summed E-state index contributed by atoms with van der Waals surface area (Å²) < 4.78 is 10.2. The average molecular weight is 379 g/mol. The van der Waals surface area contributed by atoms with Crippen molar-refractivity contribution in [2.75, 3.05) is 32.2 Å². The number of hydrogen-bond donors (Lipinski definition) is 2. The lowest BCUT2D eigenvalue weighted by Crippen LogP contribution is -2.30. The molecule has 1 heterocycles. The van der Waals surface area contributed by atoms with E-state index in [2.05, 4.69) is 10.6 Å². The van der Waals surface area contributed by atoms with Crippen molar-refractivity contribution in [3.05, 3.63) is 42.0 Å². The summed E-state index contributed by atoms with van der Waals surface area (Å²) in [4.78, 5) is 13.2. The van der Waals surface area contributed by atoms with Gasteiger partial charge < -0.3 is 20.1 Å². The van der Waals surface area contributed by atoms with Crippen LogP contribution in [0.4, 0.5) is 5.00 Å². The molecule has 0 atom stereocenters. The van der Waals surface area contributed by atoms with Crippen molar-refractivity contribution in [2.24, 2.45) is 0 Å². The second kappa shape index (κ2) is 10.1. The van der Waals surface area contributed by atoms with Gasteiger partial charge in [-0.1, -0.05) is 30.3 Å². The first-order valence-electron chi connectivity index (χ1n) is 8.05. The van der Waals surface area contributed by atoms with Gasteiger partial charge in [-0.05, 0) is 37.2 Å². The number of anilines is 1. The first-order chi connectivity index (χ1) is 12.2. The predicted molar refractivity (Wildman–Crippen MR) is 106 cm³/mol. The first-order valence-corrected chi connectivity index (χ1v) is 9.28. The Hall–Kier alpha value is -1.96. The van der Waals surface area contributed by atoms with Gasteiger partial charge in [0.1, 0.15) is 5.00 Å². The summed E-state index contributed by atoms with van der Waals surface area (Å²) in [7, 11) is 1.67. The van der Waals surface area contributed by atoms with Crippen LogP contribution >= 0.6 is 23.6 Å². The molecule has 7 heteroatoms. The Labute approximate surface area is 157 Å². The van der Waals surface area contributed by atoms with Gasteiger partial charge in [0.15, 0.2) is 5.11 Å². The van der Waals surface area contributed by atoms with Crippen LogP contribution in [-0.2, 0) is 9.47 Å². The van der Waals surface area contributed by atoms with Crippen molar-refractivity contribution in [1.82, 2.24) is 5.32 Å². The number of thiocarbonyl (C=S) groups is 1. The molecule has 25 heavy (non-hydrogen) atoms. The van der Waals surface area contributed by atoms with Gasteiger partial charge in [-0.2, -0.15) is 0 Å². The number of ether oxygens (including phenoxy) is 2. The van der Waals surface area contributed by atoms with Crippen molar-refractivity contribution in [3.8, 4) is 10.4 Å². The molecule has 0 fully saturated rings. The van der Waals surface area contributed by atoms with Gasteiger partial charge in [0, 0.05) is 25.1 Å². The number of carbonyl (C=O) groups excluding carboxylic acids is 1. The predicted octanol–water partition coefficient (Wildman–Crippen LogP) is 3.91. The fraction of sp³-hybridized carbons (Fsp3) is 0.333. The summed E-state index contributed by atoms with van der Waals surface area (Å²) in [5, 5.41) is 7.38. The summed E-state index contributed by atoms with van der Waals surface area (Å²) in [6, 6.07) is 11.7. The molecule has 2 N–H and O–H groups in total. The monoisotopic (exact) mass is 378 g/mol. The third-order valence-electron chi connectivity index (χ3n) is 3.32. The van der Waals surface area contributed by atoms with Crippen LogP contribution in [0.3, 0.4) is 0 Å². The summed E-state index contributed by atoms with van der Waals surface area (Å²) in [5.41, 5.74) is 1.54. The van der Waals surface area contributed by atoms with Gasteiger partial charge in [-0.15, -0.1) is 11.3 Å². The van der Waals surface area contributed by atoms with Gasteiger partial charge in [-0.25, -0.2) is 4.79 Å². The Morgan fingerprint density at radius 3 is 2.72 bits per heavy atom. The van der Waals surface area contributed by atoms with Crippen molar-refractivity contribution >= 4 is 39.6 Å². The third-order valence-corrected chi connectivity index (χ3v) is 4.67. The van der Waals surface area contributed by atoms with Gasteiger partial charge in [0.25, 0.3) is 0 Å². The van der Waals surface area contributed by atoms with Gasteiger partial charge >= 0.3 is 5.97 Å². The van der Waals surface area contributed by atoms with Crippen LogP contribution in [-0.4, -0.2) is 38.0 Å². The fourth-order valence-corrected chi connectivity index (χ4v) is 3.48. The lowest BCUT2D eigenvalue weighted by atomic mass is 10.1. The molecule has 1 aromatic heterocycles. The van der Waals surface area contributed by atoms with E-state index < -0.39 is 0 Å². The Morgan fingerprint density at radius 1 is 1.28 bits per heavy atom. The molecule has 2 aromatic rings. The summed E-state index contributed by atoms with van der Waals surface area (Å²) in [5.74, 6) is -0.356. The number of thiophene rings is 1. The van der Waals surface area contributed by atoms with Crippen molar-refractivity contribution in [2.45, 2.75) is 13.3 Å². The van der Waals surface area contributed by atoms with Crippen LogP contribution < -0.4 is 10.6 Å². The molecule has 0 aliphatic heterocycles. The lowest BCUT2D eigenvalue weighted by Gasteiger charge is -2.10. The summed E-state index contributed by atoms with van der Waals surface area (Å²) in [6.07, 6.45) is 0.850. The highest BCUT2D eigenvalue weighted by molar-refractivity contribution is 7.80. The highest BCUT2D eigenvalue weighted by atomic mass is 32.1. The van der Waals surface area contributed by atoms with Crippen molar-refractivity contribution in [3.63, 3.8) is 0 Å². The molecule has 0 bridgehead atoms. The van der Waals surface area contributed by atoms with E-state index in [0.717, 1.165) is 16.9 Å². The smallest absolute Gasteiger partial charge is 0.341 e. The minimum absolute atomic E-state index is 0.328. The van der Waals surface area contributed by atoms with Crippen molar-refractivity contribution < 1.29 is 14.3 Å². The van der Waals surface area contributed by atoms with Crippen LogP contribution in [0.5, 0.6) is 0 Å². The number of nitrogens with one attached hydrogen (secondary N) is 2. The first kappa shape index (κ1) is 19.4. The molecular weight excluding hydrogens is 356 g/mol. The molecule has 0 unspecified atom stereocenters. The topological polar surface area (TPSA) is 59.6 Å². The van der Waals surface area contributed by atoms with Crippen LogP contribution in [0.25, 0.3) is 10.4 Å². The highest BCUT2D eigenvalue weighted by Gasteiger charge is 2.18. The molecule has 0 saturated heterocycles. The zero-order chi connectivity index (χ0) is 18.1. The Bertz CT molecular complexity index is 702.